The summed E-state index contributed by atoms with van der Waals surface area (Å²) in [5, 5.41) is 11.4. The maximum Gasteiger partial charge on any atom is 0.295 e. The Morgan fingerprint density at radius 1 is 0.903 bits per heavy atom. The Labute approximate surface area is 182 Å². The van der Waals surface area contributed by atoms with Crippen LogP contribution in [0.2, 0.25) is 0 Å². The zero-order valence-corrected chi connectivity index (χ0v) is 17.8. The van der Waals surface area contributed by atoms with Crippen LogP contribution in [0.1, 0.15) is 49.3 Å². The van der Waals surface area contributed by atoms with Crippen molar-refractivity contribution in [1.82, 2.24) is 4.90 Å². The van der Waals surface area contributed by atoms with Gasteiger partial charge in [0.25, 0.3) is 11.7 Å². The first-order valence-electron chi connectivity index (χ1n) is 10.6. The number of carbonyl (C=O) groups is 2. The molecule has 2 aromatic rings. The normalized spacial score (nSPS) is 21.4. The Hall–Kier alpha value is -3.28. The van der Waals surface area contributed by atoms with Gasteiger partial charge in [0.05, 0.1) is 25.8 Å². The Bertz CT molecular complexity index is 986. The van der Waals surface area contributed by atoms with Crippen molar-refractivity contribution >= 4 is 17.4 Å². The quantitative estimate of drug-likeness (QED) is 0.438. The number of likely N-dealkylation sites (tertiary alicyclic amines) is 1. The van der Waals surface area contributed by atoms with E-state index in [4.69, 9.17) is 9.47 Å². The highest BCUT2D eigenvalue weighted by atomic mass is 16.5. The van der Waals surface area contributed by atoms with E-state index >= 15 is 0 Å². The van der Waals surface area contributed by atoms with Gasteiger partial charge >= 0.3 is 0 Å². The fraction of sp³-hybridized carbons (Fsp3) is 0.360. The molecule has 1 saturated carbocycles. The van der Waals surface area contributed by atoms with Crippen molar-refractivity contribution in [1.29, 1.82) is 0 Å². The van der Waals surface area contributed by atoms with Crippen molar-refractivity contribution in [2.24, 2.45) is 0 Å². The lowest BCUT2D eigenvalue weighted by atomic mass is 9.91. The van der Waals surface area contributed by atoms with Crippen LogP contribution in [0.4, 0.5) is 0 Å². The van der Waals surface area contributed by atoms with Crippen molar-refractivity contribution in [2.45, 2.75) is 44.2 Å². The van der Waals surface area contributed by atoms with E-state index in [9.17, 15) is 14.7 Å². The Morgan fingerprint density at radius 3 is 2.10 bits per heavy atom. The second-order valence-electron chi connectivity index (χ2n) is 7.95. The number of rotatable bonds is 5. The number of ketones is 1. The fourth-order valence-corrected chi connectivity index (χ4v) is 4.77. The number of carbonyl (C=O) groups excluding carboxylic acids is 2. The molecule has 1 aliphatic carbocycles. The van der Waals surface area contributed by atoms with Crippen LogP contribution < -0.4 is 9.47 Å². The monoisotopic (exact) mass is 421 g/mol. The van der Waals surface area contributed by atoms with Crippen LogP contribution in [0.3, 0.4) is 0 Å². The zero-order chi connectivity index (χ0) is 22.0. The third kappa shape index (κ3) is 3.67. The van der Waals surface area contributed by atoms with Gasteiger partial charge in [-0.2, -0.15) is 0 Å². The highest BCUT2D eigenvalue weighted by Gasteiger charge is 2.49. The van der Waals surface area contributed by atoms with Gasteiger partial charge in [-0.15, -0.1) is 0 Å². The SMILES string of the molecule is COc1cccc(OC)c1/C(O)=C1\C(=O)C(=O)N(C2CCCCC2)C1c1ccccc1. The van der Waals surface area contributed by atoms with E-state index in [1.807, 2.05) is 30.3 Å². The summed E-state index contributed by atoms with van der Waals surface area (Å²) in [5.74, 6) is -0.777. The van der Waals surface area contributed by atoms with Crippen molar-refractivity contribution in [3.8, 4) is 11.5 Å². The molecule has 6 nitrogen and oxygen atoms in total. The molecule has 31 heavy (non-hydrogen) atoms. The average molecular weight is 421 g/mol. The highest BCUT2D eigenvalue weighted by Crippen LogP contribution is 2.45. The van der Waals surface area contributed by atoms with E-state index < -0.39 is 17.7 Å². The van der Waals surface area contributed by atoms with Gasteiger partial charge in [-0.05, 0) is 30.5 Å². The molecule has 0 radical (unpaired) electrons. The van der Waals surface area contributed by atoms with Crippen LogP contribution in [-0.4, -0.2) is 42.0 Å². The first-order chi connectivity index (χ1) is 15.1. The number of benzene rings is 2. The smallest absolute Gasteiger partial charge is 0.295 e. The molecular formula is C25H27NO5. The molecule has 6 heteroatoms. The summed E-state index contributed by atoms with van der Waals surface area (Å²) >= 11 is 0. The number of hydrogen-bond donors (Lipinski definition) is 1. The highest BCUT2D eigenvalue weighted by molar-refractivity contribution is 6.46. The van der Waals surface area contributed by atoms with Gasteiger partial charge in [0.1, 0.15) is 22.8 Å². The summed E-state index contributed by atoms with van der Waals surface area (Å²) in [6, 6.07) is 13.8. The summed E-state index contributed by atoms with van der Waals surface area (Å²) < 4.78 is 10.9. The van der Waals surface area contributed by atoms with Gasteiger partial charge in [0, 0.05) is 6.04 Å². The maximum absolute atomic E-state index is 13.3. The number of nitrogens with zero attached hydrogens (tertiary/aromatic N) is 1. The molecular weight excluding hydrogens is 394 g/mol. The van der Waals surface area contributed by atoms with E-state index in [1.54, 1.807) is 23.1 Å². The second kappa shape index (κ2) is 8.84. The number of amides is 1. The number of aliphatic hydroxyl groups is 1. The van der Waals surface area contributed by atoms with Crippen LogP contribution in [0, 0.1) is 0 Å². The molecule has 0 bridgehead atoms. The van der Waals surface area contributed by atoms with E-state index in [0.29, 0.717) is 11.5 Å². The molecule has 0 spiro atoms. The lowest BCUT2D eigenvalue weighted by molar-refractivity contribution is -0.141. The van der Waals surface area contributed by atoms with Crippen molar-refractivity contribution in [2.75, 3.05) is 14.2 Å². The van der Waals surface area contributed by atoms with E-state index in [0.717, 1.165) is 37.7 Å². The maximum atomic E-state index is 13.3. The van der Waals surface area contributed by atoms with Crippen molar-refractivity contribution in [3.63, 3.8) is 0 Å². The van der Waals surface area contributed by atoms with Crippen LogP contribution in [0.15, 0.2) is 54.1 Å². The molecule has 4 rings (SSSR count). The lowest BCUT2D eigenvalue weighted by Gasteiger charge is -2.35. The molecule has 2 aliphatic rings. The molecule has 2 aromatic carbocycles. The molecule has 1 unspecified atom stereocenters. The van der Waals surface area contributed by atoms with Gasteiger partial charge in [0.15, 0.2) is 0 Å². The number of hydrogen-bond acceptors (Lipinski definition) is 5. The molecule has 1 saturated heterocycles. The third-order valence-electron chi connectivity index (χ3n) is 6.23. The number of ether oxygens (including phenoxy) is 2. The van der Waals surface area contributed by atoms with Gasteiger partial charge in [-0.1, -0.05) is 55.7 Å². The summed E-state index contributed by atoms with van der Waals surface area (Å²) in [5.41, 5.74) is 1.14. The Morgan fingerprint density at radius 2 is 1.52 bits per heavy atom. The van der Waals surface area contributed by atoms with Gasteiger partial charge in [-0.25, -0.2) is 0 Å². The van der Waals surface area contributed by atoms with Gasteiger partial charge < -0.3 is 19.5 Å². The third-order valence-corrected chi connectivity index (χ3v) is 6.23. The Kier molecular flexibility index (Phi) is 5.98. The molecule has 2 fully saturated rings. The van der Waals surface area contributed by atoms with Crippen LogP contribution in [0.25, 0.3) is 5.76 Å². The molecule has 1 amide bonds. The largest absolute Gasteiger partial charge is 0.506 e. The van der Waals surface area contributed by atoms with Crippen LogP contribution in [0.5, 0.6) is 11.5 Å². The predicted octanol–water partition coefficient (Wildman–Crippen LogP) is 4.46. The first kappa shape index (κ1) is 21.0. The molecule has 1 N–H and O–H groups in total. The Balaban J connectivity index is 1.93. The van der Waals surface area contributed by atoms with Crippen molar-refractivity contribution < 1.29 is 24.2 Å². The summed E-state index contributed by atoms with van der Waals surface area (Å²) in [6.45, 7) is 0. The molecule has 1 atom stereocenters. The minimum Gasteiger partial charge on any atom is -0.506 e. The zero-order valence-electron chi connectivity index (χ0n) is 17.8. The minimum absolute atomic E-state index is 0.0275. The van der Waals surface area contributed by atoms with E-state index in [2.05, 4.69) is 0 Å². The number of methoxy groups -OCH3 is 2. The standard InChI is InChI=1S/C25H27NO5/c1-30-18-14-9-15-19(31-2)20(18)23(27)21-22(16-10-5-3-6-11-16)26(25(29)24(21)28)17-12-7-4-8-13-17/h3,5-6,9-11,14-15,17,22,27H,4,7-8,12-13H2,1-2H3/b23-21+. The van der Waals surface area contributed by atoms with E-state index in [-0.39, 0.29) is 22.9 Å². The van der Waals surface area contributed by atoms with E-state index in [1.165, 1.54) is 14.2 Å². The number of Topliss-reactive ketones (excluding diaryl/α,β-unsaturated/α-hetero) is 1. The summed E-state index contributed by atoms with van der Waals surface area (Å²) in [7, 11) is 2.97. The van der Waals surface area contributed by atoms with Gasteiger partial charge in [0.2, 0.25) is 0 Å². The topological polar surface area (TPSA) is 76.1 Å². The predicted molar refractivity (Wildman–Crippen MR) is 117 cm³/mol. The lowest BCUT2D eigenvalue weighted by Crippen LogP contribution is -2.40. The summed E-state index contributed by atoms with van der Waals surface area (Å²) in [6.07, 6.45) is 4.89. The average Bonchev–Trinajstić information content (AvgIpc) is 3.09. The summed E-state index contributed by atoms with van der Waals surface area (Å²) in [4.78, 5) is 28.2. The van der Waals surface area contributed by atoms with Crippen LogP contribution in [-0.2, 0) is 9.59 Å². The molecule has 162 valence electrons. The minimum atomic E-state index is -0.676. The van der Waals surface area contributed by atoms with Crippen molar-refractivity contribution in [3.05, 3.63) is 65.2 Å². The fourth-order valence-electron chi connectivity index (χ4n) is 4.77. The number of aliphatic hydroxyl groups excluding tert-OH is 1. The molecule has 0 aromatic heterocycles. The first-order valence-corrected chi connectivity index (χ1v) is 10.6. The molecule has 1 aliphatic heterocycles. The molecule has 1 heterocycles. The van der Waals surface area contributed by atoms with Crippen LogP contribution >= 0.6 is 0 Å². The van der Waals surface area contributed by atoms with Gasteiger partial charge in [-0.3, -0.25) is 9.59 Å². The second-order valence-corrected chi connectivity index (χ2v) is 7.95.